The highest BCUT2D eigenvalue weighted by Gasteiger charge is 2.28. The fourth-order valence-electron chi connectivity index (χ4n) is 2.68. The van der Waals surface area contributed by atoms with Crippen LogP contribution in [0.5, 0.6) is 0 Å². The topological polar surface area (TPSA) is 74.7 Å². The number of aliphatic carboxylic acids is 1. The minimum Gasteiger partial charge on any atom is -0.481 e. The first-order valence-corrected chi connectivity index (χ1v) is 8.82. The van der Waals surface area contributed by atoms with Crippen molar-refractivity contribution in [3.63, 3.8) is 0 Å². The first kappa shape index (κ1) is 16.0. The smallest absolute Gasteiger partial charge is 0.303 e. The van der Waals surface area contributed by atoms with E-state index >= 15 is 0 Å². The second-order valence-electron chi connectivity index (χ2n) is 5.52. The van der Waals surface area contributed by atoms with Crippen LogP contribution >= 0.6 is 0 Å². The van der Waals surface area contributed by atoms with E-state index in [1.54, 1.807) is 0 Å². The molecular weight excluding hydrogens is 290 g/mol. The van der Waals surface area contributed by atoms with Crippen LogP contribution in [-0.4, -0.2) is 36.9 Å². The molecule has 0 unspecified atom stereocenters. The lowest BCUT2D eigenvalue weighted by atomic mass is 9.93. The third kappa shape index (κ3) is 4.82. The fourth-order valence-corrected chi connectivity index (χ4v) is 4.24. The summed E-state index contributed by atoms with van der Waals surface area (Å²) in [5.41, 5.74) is 0.797. The van der Waals surface area contributed by atoms with Crippen molar-refractivity contribution in [1.82, 2.24) is 4.31 Å². The van der Waals surface area contributed by atoms with E-state index in [1.165, 1.54) is 4.31 Å². The van der Waals surface area contributed by atoms with E-state index in [2.05, 4.69) is 0 Å². The quantitative estimate of drug-likeness (QED) is 0.873. The van der Waals surface area contributed by atoms with Crippen molar-refractivity contribution in [2.45, 2.75) is 31.4 Å². The van der Waals surface area contributed by atoms with Gasteiger partial charge in [-0.25, -0.2) is 12.7 Å². The van der Waals surface area contributed by atoms with E-state index in [1.807, 2.05) is 30.3 Å². The molecule has 6 heteroatoms. The van der Waals surface area contributed by atoms with Gasteiger partial charge in [0.25, 0.3) is 0 Å². The Kier molecular flexibility index (Phi) is 5.36. The Hall–Kier alpha value is -1.40. The van der Waals surface area contributed by atoms with E-state index in [0.29, 0.717) is 25.4 Å². The summed E-state index contributed by atoms with van der Waals surface area (Å²) in [5.74, 6) is -0.424. The number of carboxylic acids is 1. The van der Waals surface area contributed by atoms with Crippen LogP contribution in [0.1, 0.15) is 31.2 Å². The molecule has 1 heterocycles. The highest BCUT2D eigenvalue weighted by atomic mass is 32.2. The van der Waals surface area contributed by atoms with Crippen molar-refractivity contribution >= 4 is 16.0 Å². The standard InChI is InChI=1S/C15H21NO4S/c17-15(18)7-6-13-8-10-16(11-9-13)21(19,20)12-14-4-2-1-3-5-14/h1-5,13H,6-12H2,(H,17,18). The van der Waals surface area contributed by atoms with Crippen LogP contribution in [0.15, 0.2) is 30.3 Å². The van der Waals surface area contributed by atoms with Gasteiger partial charge in [-0.2, -0.15) is 0 Å². The van der Waals surface area contributed by atoms with Gasteiger partial charge in [-0.1, -0.05) is 30.3 Å². The Balaban J connectivity index is 1.87. The molecule has 1 aromatic rings. The number of carboxylic acid groups (broad SMARTS) is 1. The van der Waals surface area contributed by atoms with Gasteiger partial charge in [0, 0.05) is 19.5 Å². The van der Waals surface area contributed by atoms with Gasteiger partial charge in [0.05, 0.1) is 5.75 Å². The summed E-state index contributed by atoms with van der Waals surface area (Å²) in [6, 6.07) is 9.17. The van der Waals surface area contributed by atoms with E-state index in [4.69, 9.17) is 5.11 Å². The van der Waals surface area contributed by atoms with Crippen LogP contribution in [0.4, 0.5) is 0 Å². The molecule has 2 rings (SSSR count). The molecule has 1 aliphatic rings. The Bertz CT molecular complexity index is 563. The molecule has 1 fully saturated rings. The molecule has 0 atom stereocenters. The van der Waals surface area contributed by atoms with Gasteiger partial charge >= 0.3 is 5.97 Å². The Morgan fingerprint density at radius 3 is 2.38 bits per heavy atom. The molecule has 1 N–H and O–H groups in total. The summed E-state index contributed by atoms with van der Waals surface area (Å²) in [6.45, 7) is 0.999. The SMILES string of the molecule is O=C(O)CCC1CCN(S(=O)(=O)Cc2ccccc2)CC1. The summed E-state index contributed by atoms with van der Waals surface area (Å²) in [5, 5.41) is 8.68. The number of nitrogens with zero attached hydrogens (tertiary/aromatic N) is 1. The lowest BCUT2D eigenvalue weighted by Crippen LogP contribution is -2.39. The van der Waals surface area contributed by atoms with Crippen LogP contribution in [0, 0.1) is 5.92 Å². The molecule has 21 heavy (non-hydrogen) atoms. The summed E-state index contributed by atoms with van der Waals surface area (Å²) in [7, 11) is -3.27. The minimum absolute atomic E-state index is 0.0353. The molecule has 0 aromatic heterocycles. The van der Waals surface area contributed by atoms with Crippen molar-refractivity contribution in [3.05, 3.63) is 35.9 Å². The fraction of sp³-hybridized carbons (Fsp3) is 0.533. The molecule has 0 bridgehead atoms. The van der Waals surface area contributed by atoms with E-state index in [0.717, 1.165) is 18.4 Å². The Morgan fingerprint density at radius 1 is 1.19 bits per heavy atom. The predicted octanol–water partition coefficient (Wildman–Crippen LogP) is 2.09. The molecule has 0 radical (unpaired) electrons. The average molecular weight is 311 g/mol. The second-order valence-corrected chi connectivity index (χ2v) is 7.49. The van der Waals surface area contributed by atoms with Crippen molar-refractivity contribution in [3.8, 4) is 0 Å². The van der Waals surface area contributed by atoms with Crippen LogP contribution in [0.2, 0.25) is 0 Å². The number of sulfonamides is 1. The van der Waals surface area contributed by atoms with Gasteiger partial charge in [0.2, 0.25) is 10.0 Å². The normalized spacial score (nSPS) is 17.7. The molecule has 1 saturated heterocycles. The molecule has 0 saturated carbocycles. The van der Waals surface area contributed by atoms with E-state index < -0.39 is 16.0 Å². The minimum atomic E-state index is -3.27. The second kappa shape index (κ2) is 7.04. The van der Waals surface area contributed by atoms with E-state index in [9.17, 15) is 13.2 Å². The summed E-state index contributed by atoms with van der Waals surface area (Å²) in [6.07, 6.45) is 2.31. The molecule has 1 aliphatic heterocycles. The highest BCUT2D eigenvalue weighted by molar-refractivity contribution is 7.88. The van der Waals surface area contributed by atoms with Crippen LogP contribution < -0.4 is 0 Å². The van der Waals surface area contributed by atoms with Crippen molar-refractivity contribution in [2.75, 3.05) is 13.1 Å². The maximum Gasteiger partial charge on any atom is 0.303 e. The van der Waals surface area contributed by atoms with Crippen molar-refractivity contribution in [2.24, 2.45) is 5.92 Å². The number of rotatable bonds is 6. The van der Waals surface area contributed by atoms with Crippen LogP contribution in [0.25, 0.3) is 0 Å². The zero-order chi connectivity index (χ0) is 15.3. The maximum atomic E-state index is 12.4. The average Bonchev–Trinajstić information content (AvgIpc) is 2.46. The molecule has 5 nitrogen and oxygen atoms in total. The maximum absolute atomic E-state index is 12.4. The molecule has 1 aromatic carbocycles. The van der Waals surface area contributed by atoms with Crippen LogP contribution in [0.3, 0.4) is 0 Å². The van der Waals surface area contributed by atoms with E-state index in [-0.39, 0.29) is 12.2 Å². The lowest BCUT2D eigenvalue weighted by Gasteiger charge is -2.31. The number of piperidine rings is 1. The zero-order valence-electron chi connectivity index (χ0n) is 11.9. The molecule has 116 valence electrons. The largest absolute Gasteiger partial charge is 0.481 e. The first-order chi connectivity index (χ1) is 9.97. The summed E-state index contributed by atoms with van der Waals surface area (Å²) in [4.78, 5) is 10.6. The number of benzene rings is 1. The van der Waals surface area contributed by atoms with Gasteiger partial charge < -0.3 is 5.11 Å². The summed E-state index contributed by atoms with van der Waals surface area (Å²) >= 11 is 0. The van der Waals surface area contributed by atoms with Crippen LogP contribution in [-0.2, 0) is 20.6 Å². The van der Waals surface area contributed by atoms with Crippen molar-refractivity contribution in [1.29, 1.82) is 0 Å². The third-order valence-electron chi connectivity index (χ3n) is 3.93. The number of hydrogen-bond donors (Lipinski definition) is 1. The molecule has 0 aliphatic carbocycles. The molecular formula is C15H21NO4S. The Morgan fingerprint density at radius 2 is 1.81 bits per heavy atom. The molecule has 0 amide bonds. The first-order valence-electron chi connectivity index (χ1n) is 7.21. The predicted molar refractivity (Wildman–Crippen MR) is 80.2 cm³/mol. The van der Waals surface area contributed by atoms with Gasteiger partial charge in [-0.05, 0) is 30.7 Å². The van der Waals surface area contributed by atoms with Gasteiger partial charge in [-0.3, -0.25) is 4.79 Å². The van der Waals surface area contributed by atoms with Gasteiger partial charge in [-0.15, -0.1) is 0 Å². The summed E-state index contributed by atoms with van der Waals surface area (Å²) < 4.78 is 26.3. The van der Waals surface area contributed by atoms with Gasteiger partial charge in [0.15, 0.2) is 0 Å². The third-order valence-corrected chi connectivity index (χ3v) is 5.78. The van der Waals surface area contributed by atoms with Gasteiger partial charge in [0.1, 0.15) is 0 Å². The Labute approximate surface area is 125 Å². The molecule has 0 spiro atoms. The zero-order valence-corrected chi connectivity index (χ0v) is 12.8. The van der Waals surface area contributed by atoms with Crippen molar-refractivity contribution < 1.29 is 18.3 Å². The monoisotopic (exact) mass is 311 g/mol. The highest BCUT2D eigenvalue weighted by Crippen LogP contribution is 2.24. The number of carbonyl (C=O) groups is 1. The lowest BCUT2D eigenvalue weighted by molar-refractivity contribution is -0.137. The number of hydrogen-bond acceptors (Lipinski definition) is 3.